The highest BCUT2D eigenvalue weighted by Gasteiger charge is 2.09. The standard InChI is InChI=1S/C9H11N3O2S/c1-2-15(13,14)12-9-10-7-5-3-4-6-8(7)11-9/h3-6H,2H2,1H3,(H2,10,11,12). The van der Waals surface area contributed by atoms with Crippen molar-refractivity contribution in [2.45, 2.75) is 6.92 Å². The van der Waals surface area contributed by atoms with Crippen LogP contribution in [0.3, 0.4) is 0 Å². The Balaban J connectivity index is 2.38. The van der Waals surface area contributed by atoms with Gasteiger partial charge in [-0.25, -0.2) is 13.4 Å². The number of imidazole rings is 1. The first kappa shape index (κ1) is 9.97. The van der Waals surface area contributed by atoms with E-state index in [0.717, 1.165) is 11.0 Å². The molecule has 0 amide bonds. The average molecular weight is 225 g/mol. The fraction of sp³-hybridized carbons (Fsp3) is 0.222. The molecule has 15 heavy (non-hydrogen) atoms. The van der Waals surface area contributed by atoms with Crippen LogP contribution in [0, 0.1) is 0 Å². The fourth-order valence-electron chi connectivity index (χ4n) is 1.22. The van der Waals surface area contributed by atoms with E-state index in [9.17, 15) is 8.42 Å². The number of aromatic nitrogens is 2. The molecular formula is C9H11N3O2S. The van der Waals surface area contributed by atoms with Crippen LogP contribution in [0.4, 0.5) is 5.95 Å². The van der Waals surface area contributed by atoms with Crippen LogP contribution in [0.1, 0.15) is 6.92 Å². The van der Waals surface area contributed by atoms with Crippen LogP contribution in [0.2, 0.25) is 0 Å². The lowest BCUT2D eigenvalue weighted by atomic mass is 10.3. The predicted molar refractivity (Wildman–Crippen MR) is 59.2 cm³/mol. The van der Waals surface area contributed by atoms with E-state index in [1.807, 2.05) is 24.3 Å². The molecule has 0 saturated heterocycles. The zero-order valence-electron chi connectivity index (χ0n) is 8.19. The molecule has 0 fully saturated rings. The zero-order chi connectivity index (χ0) is 10.9. The van der Waals surface area contributed by atoms with E-state index in [-0.39, 0.29) is 11.7 Å². The van der Waals surface area contributed by atoms with Gasteiger partial charge in [-0.15, -0.1) is 0 Å². The molecule has 1 aromatic carbocycles. The highest BCUT2D eigenvalue weighted by atomic mass is 32.2. The van der Waals surface area contributed by atoms with Gasteiger partial charge in [0.25, 0.3) is 0 Å². The van der Waals surface area contributed by atoms with E-state index < -0.39 is 10.0 Å². The van der Waals surface area contributed by atoms with Gasteiger partial charge in [0, 0.05) is 0 Å². The summed E-state index contributed by atoms with van der Waals surface area (Å²) in [5.41, 5.74) is 1.55. The fourth-order valence-corrected chi connectivity index (χ4v) is 1.76. The highest BCUT2D eigenvalue weighted by Crippen LogP contribution is 2.13. The van der Waals surface area contributed by atoms with E-state index in [2.05, 4.69) is 14.7 Å². The van der Waals surface area contributed by atoms with Gasteiger partial charge < -0.3 is 4.98 Å². The molecule has 2 aromatic rings. The summed E-state index contributed by atoms with van der Waals surface area (Å²) in [5.74, 6) is 0.294. The Morgan fingerprint density at radius 2 is 2.13 bits per heavy atom. The molecule has 0 atom stereocenters. The third-order valence-corrected chi connectivity index (χ3v) is 3.29. The number of para-hydroxylation sites is 2. The van der Waals surface area contributed by atoms with E-state index in [0.29, 0.717) is 0 Å². The number of benzene rings is 1. The van der Waals surface area contributed by atoms with Crippen LogP contribution in [0.15, 0.2) is 24.3 Å². The Bertz CT molecular complexity index is 541. The second-order valence-electron chi connectivity index (χ2n) is 3.11. The monoisotopic (exact) mass is 225 g/mol. The first-order valence-corrected chi connectivity index (χ1v) is 6.21. The van der Waals surface area contributed by atoms with Crippen molar-refractivity contribution in [3.05, 3.63) is 24.3 Å². The van der Waals surface area contributed by atoms with Crippen molar-refractivity contribution < 1.29 is 8.42 Å². The van der Waals surface area contributed by atoms with E-state index in [1.54, 1.807) is 6.92 Å². The van der Waals surface area contributed by atoms with Crippen LogP contribution in [0.5, 0.6) is 0 Å². The number of anilines is 1. The molecule has 5 nitrogen and oxygen atoms in total. The minimum absolute atomic E-state index is 0.0318. The Morgan fingerprint density at radius 3 is 2.80 bits per heavy atom. The molecule has 0 aliphatic carbocycles. The summed E-state index contributed by atoms with van der Waals surface area (Å²) in [6.07, 6.45) is 0. The van der Waals surface area contributed by atoms with Crippen LogP contribution in [-0.2, 0) is 10.0 Å². The summed E-state index contributed by atoms with van der Waals surface area (Å²) < 4.78 is 24.9. The number of hydrogen-bond donors (Lipinski definition) is 2. The van der Waals surface area contributed by atoms with E-state index >= 15 is 0 Å². The van der Waals surface area contributed by atoms with Gasteiger partial charge in [-0.2, -0.15) is 0 Å². The van der Waals surface area contributed by atoms with Gasteiger partial charge in [-0.3, -0.25) is 4.72 Å². The summed E-state index contributed by atoms with van der Waals surface area (Å²) in [6.45, 7) is 1.57. The maximum Gasteiger partial charge on any atom is 0.234 e. The number of sulfonamides is 1. The third-order valence-electron chi connectivity index (χ3n) is 2.02. The van der Waals surface area contributed by atoms with E-state index in [4.69, 9.17) is 0 Å². The maximum atomic E-state index is 11.3. The molecule has 1 aromatic heterocycles. The molecular weight excluding hydrogens is 214 g/mol. The van der Waals surface area contributed by atoms with Crippen molar-refractivity contribution in [1.82, 2.24) is 9.97 Å². The van der Waals surface area contributed by atoms with Gasteiger partial charge in [0.2, 0.25) is 16.0 Å². The molecule has 0 radical (unpaired) electrons. The van der Waals surface area contributed by atoms with Crippen molar-refractivity contribution in [2.24, 2.45) is 0 Å². The summed E-state index contributed by atoms with van der Waals surface area (Å²) >= 11 is 0. The molecule has 0 unspecified atom stereocenters. The topological polar surface area (TPSA) is 74.8 Å². The number of nitrogens with zero attached hydrogens (tertiary/aromatic N) is 1. The van der Waals surface area contributed by atoms with Gasteiger partial charge in [-0.1, -0.05) is 12.1 Å². The molecule has 0 saturated carbocycles. The van der Waals surface area contributed by atoms with Crippen molar-refractivity contribution in [2.75, 3.05) is 10.5 Å². The quantitative estimate of drug-likeness (QED) is 0.827. The molecule has 0 aliphatic heterocycles. The molecule has 2 N–H and O–H groups in total. The van der Waals surface area contributed by atoms with Crippen LogP contribution >= 0.6 is 0 Å². The summed E-state index contributed by atoms with van der Waals surface area (Å²) in [7, 11) is -3.26. The van der Waals surface area contributed by atoms with E-state index in [1.165, 1.54) is 0 Å². The largest absolute Gasteiger partial charge is 0.323 e. The van der Waals surface area contributed by atoms with Crippen molar-refractivity contribution in [1.29, 1.82) is 0 Å². The Labute approximate surface area is 87.6 Å². The smallest absolute Gasteiger partial charge is 0.234 e. The minimum Gasteiger partial charge on any atom is -0.323 e. The van der Waals surface area contributed by atoms with Gasteiger partial charge in [0.1, 0.15) is 0 Å². The van der Waals surface area contributed by atoms with Crippen molar-refractivity contribution in [3.63, 3.8) is 0 Å². The summed E-state index contributed by atoms with van der Waals surface area (Å²) in [4.78, 5) is 6.98. The minimum atomic E-state index is -3.26. The number of fused-ring (bicyclic) bond motifs is 1. The second kappa shape index (κ2) is 3.54. The number of hydrogen-bond acceptors (Lipinski definition) is 3. The number of aromatic amines is 1. The number of H-pyrrole nitrogens is 1. The van der Waals surface area contributed by atoms with Gasteiger partial charge in [0.05, 0.1) is 16.8 Å². The lowest BCUT2D eigenvalue weighted by molar-refractivity contribution is 0.602. The molecule has 6 heteroatoms. The molecule has 0 bridgehead atoms. The van der Waals surface area contributed by atoms with Crippen LogP contribution < -0.4 is 4.72 Å². The SMILES string of the molecule is CCS(=O)(=O)Nc1nc2ccccc2[nH]1. The summed E-state index contributed by atoms with van der Waals surface area (Å²) in [6, 6.07) is 7.36. The van der Waals surface area contributed by atoms with Gasteiger partial charge in [0.15, 0.2) is 0 Å². The van der Waals surface area contributed by atoms with Crippen molar-refractivity contribution >= 4 is 27.0 Å². The second-order valence-corrected chi connectivity index (χ2v) is 5.12. The van der Waals surface area contributed by atoms with Gasteiger partial charge >= 0.3 is 0 Å². The normalized spacial score (nSPS) is 11.8. The molecule has 80 valence electrons. The lowest BCUT2D eigenvalue weighted by Gasteiger charge is -2.00. The van der Waals surface area contributed by atoms with Crippen LogP contribution in [0.25, 0.3) is 11.0 Å². The molecule has 2 rings (SSSR count). The maximum absolute atomic E-state index is 11.3. The zero-order valence-corrected chi connectivity index (χ0v) is 9.00. The number of rotatable bonds is 3. The van der Waals surface area contributed by atoms with Gasteiger partial charge in [-0.05, 0) is 19.1 Å². The Morgan fingerprint density at radius 1 is 1.40 bits per heavy atom. The Kier molecular flexibility index (Phi) is 2.36. The average Bonchev–Trinajstić information content (AvgIpc) is 2.58. The van der Waals surface area contributed by atoms with Crippen LogP contribution in [-0.4, -0.2) is 24.1 Å². The first-order chi connectivity index (χ1) is 7.11. The first-order valence-electron chi connectivity index (χ1n) is 4.56. The lowest BCUT2D eigenvalue weighted by Crippen LogP contribution is -2.15. The summed E-state index contributed by atoms with van der Waals surface area (Å²) in [5, 5.41) is 0. The molecule has 0 spiro atoms. The highest BCUT2D eigenvalue weighted by molar-refractivity contribution is 7.92. The Hall–Kier alpha value is -1.56. The molecule has 0 aliphatic rings. The number of nitrogens with one attached hydrogen (secondary N) is 2. The molecule has 1 heterocycles. The van der Waals surface area contributed by atoms with Crippen molar-refractivity contribution in [3.8, 4) is 0 Å². The predicted octanol–water partition coefficient (Wildman–Crippen LogP) is 1.32. The third kappa shape index (κ3) is 2.10.